The van der Waals surface area contributed by atoms with Gasteiger partial charge in [0.15, 0.2) is 17.5 Å². The van der Waals surface area contributed by atoms with Crippen molar-refractivity contribution in [2.75, 3.05) is 0 Å². The number of rotatable bonds is 2. The van der Waals surface area contributed by atoms with Crippen molar-refractivity contribution in [2.45, 2.75) is 37.6 Å². The lowest BCUT2D eigenvalue weighted by atomic mass is 9.77. The van der Waals surface area contributed by atoms with E-state index in [1.807, 2.05) is 0 Å². The molecule has 1 unspecified atom stereocenters. The Hall–Kier alpha value is -2.53. The average molecular weight is 429 g/mol. The Morgan fingerprint density at radius 3 is 2.30 bits per heavy atom. The molecule has 0 aromatic heterocycles. The smallest absolute Gasteiger partial charge is 0.423 e. The van der Waals surface area contributed by atoms with Gasteiger partial charge >= 0.3 is 13.3 Å². The first-order chi connectivity index (χ1) is 13.9. The Bertz CT molecular complexity index is 1050. The molecule has 2 aromatic rings. The lowest BCUT2D eigenvalue weighted by Crippen LogP contribution is -2.43. The number of hydrogen-bond acceptors (Lipinski definition) is 4. The fourth-order valence-corrected chi connectivity index (χ4v) is 3.73. The van der Waals surface area contributed by atoms with E-state index in [1.165, 1.54) is 18.2 Å². The minimum Gasteiger partial charge on any atom is -0.423 e. The van der Waals surface area contributed by atoms with E-state index in [-0.39, 0.29) is 23.4 Å². The van der Waals surface area contributed by atoms with Crippen LogP contribution in [-0.4, -0.2) is 24.0 Å². The molecule has 1 atom stereocenters. The molecule has 2 aliphatic rings. The quantitative estimate of drug-likeness (QED) is 0.451. The molecule has 0 spiro atoms. The predicted octanol–water partition coefficient (Wildman–Crippen LogP) is 3.64. The van der Waals surface area contributed by atoms with Crippen molar-refractivity contribution in [1.82, 2.24) is 0 Å². The van der Waals surface area contributed by atoms with Gasteiger partial charge in [0.05, 0.1) is 11.3 Å². The minimum absolute atomic E-state index is 0.127. The summed E-state index contributed by atoms with van der Waals surface area (Å²) in [5, 5.41) is 13.5. The molecule has 1 N–H and O–H groups in total. The fourth-order valence-electron chi connectivity index (χ4n) is 3.73. The van der Waals surface area contributed by atoms with Crippen LogP contribution in [0.1, 0.15) is 37.0 Å². The van der Waals surface area contributed by atoms with Crippen LogP contribution < -0.4 is 5.46 Å². The monoisotopic (exact) mass is 429 g/mol. The number of benzene rings is 2. The summed E-state index contributed by atoms with van der Waals surface area (Å²) < 4.78 is 87.8. The zero-order chi connectivity index (χ0) is 22.1. The van der Waals surface area contributed by atoms with Crippen molar-refractivity contribution in [1.29, 1.82) is 0 Å². The maximum atomic E-state index is 14.0. The van der Waals surface area contributed by atoms with Gasteiger partial charge in [-0.1, -0.05) is 17.3 Å². The zero-order valence-corrected chi connectivity index (χ0v) is 15.6. The maximum absolute atomic E-state index is 14.0. The van der Waals surface area contributed by atoms with Crippen LogP contribution in [-0.2, 0) is 20.7 Å². The molecule has 0 saturated carbocycles. The maximum Gasteiger partial charge on any atom is 0.492 e. The van der Waals surface area contributed by atoms with E-state index >= 15 is 0 Å². The van der Waals surface area contributed by atoms with Gasteiger partial charge < -0.3 is 14.5 Å². The van der Waals surface area contributed by atoms with Crippen molar-refractivity contribution in [3.05, 3.63) is 64.5 Å². The van der Waals surface area contributed by atoms with Crippen molar-refractivity contribution in [3.8, 4) is 0 Å². The highest BCUT2D eigenvalue weighted by molar-refractivity contribution is 6.62. The van der Waals surface area contributed by atoms with E-state index in [1.54, 1.807) is 13.8 Å². The summed E-state index contributed by atoms with van der Waals surface area (Å²) in [4.78, 5) is 4.73. The van der Waals surface area contributed by atoms with Gasteiger partial charge in [0.25, 0.3) is 5.60 Å². The highest BCUT2D eigenvalue weighted by Gasteiger charge is 2.62. The molecule has 0 saturated heterocycles. The van der Waals surface area contributed by atoms with Crippen molar-refractivity contribution in [3.63, 3.8) is 0 Å². The predicted molar refractivity (Wildman–Crippen MR) is 94.4 cm³/mol. The molecular weight excluding hydrogens is 415 g/mol. The Kier molecular flexibility index (Phi) is 4.48. The molecule has 2 aliphatic heterocycles. The number of alkyl halides is 3. The minimum atomic E-state index is -5.11. The van der Waals surface area contributed by atoms with Crippen LogP contribution in [0.25, 0.3) is 0 Å². The van der Waals surface area contributed by atoms with Crippen molar-refractivity contribution >= 4 is 18.3 Å². The Morgan fingerprint density at radius 2 is 1.70 bits per heavy atom. The van der Waals surface area contributed by atoms with Crippen LogP contribution in [0, 0.1) is 17.5 Å². The Balaban J connectivity index is 1.76. The average Bonchev–Trinajstić information content (AvgIpc) is 3.20. The highest BCUT2D eigenvalue weighted by Crippen LogP contribution is 2.49. The van der Waals surface area contributed by atoms with Crippen LogP contribution in [0.5, 0.6) is 0 Å². The second-order valence-corrected chi connectivity index (χ2v) is 7.67. The molecule has 0 aliphatic carbocycles. The van der Waals surface area contributed by atoms with Crippen LogP contribution in [0.15, 0.2) is 35.5 Å². The SMILES string of the molecule is CC1(C)OB(O)c2ccc(C3=NOC(c4cc(F)c(F)c(F)c4)(C(F)(F)F)C3)cc21. The second kappa shape index (κ2) is 6.48. The van der Waals surface area contributed by atoms with E-state index < -0.39 is 53.9 Å². The number of fused-ring (bicyclic) bond motifs is 1. The standard InChI is InChI=1S/C19H14BF6NO3/c1-17(2)11-5-9(3-4-12(11)20(28)29-17)15-8-18(30-27-15,19(24,25)26)10-6-13(21)16(23)14(22)7-10/h3-7,28H,8H2,1-2H3. The second-order valence-electron chi connectivity index (χ2n) is 7.67. The molecule has 0 radical (unpaired) electrons. The van der Waals surface area contributed by atoms with Crippen LogP contribution >= 0.6 is 0 Å². The van der Waals surface area contributed by atoms with Gasteiger partial charge in [-0.15, -0.1) is 0 Å². The number of oxime groups is 1. The summed E-state index contributed by atoms with van der Waals surface area (Å²) >= 11 is 0. The van der Waals surface area contributed by atoms with Crippen LogP contribution in [0.4, 0.5) is 26.3 Å². The van der Waals surface area contributed by atoms with E-state index in [0.29, 0.717) is 11.0 Å². The first kappa shape index (κ1) is 20.7. The summed E-state index contributed by atoms with van der Waals surface area (Å²) in [6.07, 6.45) is -5.99. The third-order valence-electron chi connectivity index (χ3n) is 5.34. The zero-order valence-electron chi connectivity index (χ0n) is 15.6. The van der Waals surface area contributed by atoms with Crippen molar-refractivity contribution in [2.24, 2.45) is 5.16 Å². The van der Waals surface area contributed by atoms with Gasteiger partial charge in [-0.25, -0.2) is 13.2 Å². The number of nitrogens with zero attached hydrogens (tertiary/aromatic N) is 1. The summed E-state index contributed by atoms with van der Waals surface area (Å²) in [6.45, 7) is 3.37. The Morgan fingerprint density at radius 1 is 1.07 bits per heavy atom. The van der Waals surface area contributed by atoms with E-state index in [0.717, 1.165) is 0 Å². The van der Waals surface area contributed by atoms with Crippen LogP contribution in [0.2, 0.25) is 0 Å². The van der Waals surface area contributed by atoms with Crippen molar-refractivity contribution < 1.29 is 40.9 Å². The molecule has 2 heterocycles. The summed E-state index contributed by atoms with van der Waals surface area (Å²) in [7, 11) is -1.18. The molecule has 30 heavy (non-hydrogen) atoms. The molecule has 4 nitrogen and oxygen atoms in total. The third-order valence-corrected chi connectivity index (χ3v) is 5.34. The van der Waals surface area contributed by atoms with E-state index in [4.69, 9.17) is 9.49 Å². The van der Waals surface area contributed by atoms with Gasteiger partial charge in [-0.05, 0) is 48.6 Å². The number of hydrogen-bond donors (Lipinski definition) is 1. The first-order valence-corrected chi connectivity index (χ1v) is 8.83. The normalized spacial score (nSPS) is 22.7. The molecule has 2 aromatic carbocycles. The van der Waals surface area contributed by atoms with E-state index in [2.05, 4.69) is 5.16 Å². The summed E-state index contributed by atoms with van der Waals surface area (Å²) in [5.41, 5.74) is -3.86. The van der Waals surface area contributed by atoms with Gasteiger partial charge in [0, 0.05) is 12.0 Å². The largest absolute Gasteiger partial charge is 0.492 e. The van der Waals surface area contributed by atoms with Gasteiger partial charge in [-0.3, -0.25) is 0 Å². The summed E-state index contributed by atoms with van der Waals surface area (Å²) in [5.74, 6) is -5.41. The fraction of sp³-hybridized carbons (Fsp3) is 0.316. The lowest BCUT2D eigenvalue weighted by molar-refractivity contribution is -0.276. The molecule has 0 fully saturated rings. The highest BCUT2D eigenvalue weighted by atomic mass is 19.4. The first-order valence-electron chi connectivity index (χ1n) is 8.83. The molecule has 158 valence electrons. The Labute approximate surface area is 167 Å². The van der Waals surface area contributed by atoms with Gasteiger partial charge in [0.1, 0.15) is 0 Å². The number of halogens is 6. The summed E-state index contributed by atoms with van der Waals surface area (Å²) in [6, 6.07) is 4.96. The molecule has 0 bridgehead atoms. The molecule has 0 amide bonds. The third kappa shape index (κ3) is 2.99. The molecular formula is C19H14BF6NO3. The molecule has 4 rings (SSSR count). The molecule has 11 heteroatoms. The van der Waals surface area contributed by atoms with Gasteiger partial charge in [-0.2, -0.15) is 13.2 Å². The lowest BCUT2D eigenvalue weighted by Gasteiger charge is -2.29. The van der Waals surface area contributed by atoms with E-state index in [9.17, 15) is 31.4 Å². The van der Waals surface area contributed by atoms with Gasteiger partial charge in [0.2, 0.25) is 0 Å². The topological polar surface area (TPSA) is 51.0 Å². The van der Waals surface area contributed by atoms with Crippen LogP contribution in [0.3, 0.4) is 0 Å².